The Kier molecular flexibility index (Phi) is 7.36. The van der Waals surface area contributed by atoms with E-state index >= 15 is 0 Å². The van der Waals surface area contributed by atoms with Crippen LogP contribution in [0.25, 0.3) is 0 Å². The molecule has 1 heterocycles. The van der Waals surface area contributed by atoms with Crippen LogP contribution in [0.4, 0.5) is 5.82 Å². The van der Waals surface area contributed by atoms with Crippen molar-refractivity contribution in [1.82, 2.24) is 15.1 Å². The first-order valence-electron chi connectivity index (χ1n) is 7.25. The number of hydrogen-bond donors (Lipinski definition) is 1. The van der Waals surface area contributed by atoms with Crippen LogP contribution in [-0.4, -0.2) is 47.8 Å². The van der Waals surface area contributed by atoms with Gasteiger partial charge in [0.15, 0.2) is 5.82 Å². The van der Waals surface area contributed by atoms with E-state index in [9.17, 15) is 0 Å². The van der Waals surface area contributed by atoms with Crippen molar-refractivity contribution < 1.29 is 0 Å². The summed E-state index contributed by atoms with van der Waals surface area (Å²) in [6, 6.07) is 3.96. The second-order valence-electron chi connectivity index (χ2n) is 4.55. The number of nitrogens with two attached hydrogens (primary N) is 1. The second-order valence-corrected chi connectivity index (χ2v) is 4.55. The minimum atomic E-state index is 0.446. The van der Waals surface area contributed by atoms with Crippen molar-refractivity contribution in [2.45, 2.75) is 33.7 Å². The summed E-state index contributed by atoms with van der Waals surface area (Å²) in [7, 11) is 0. The molecular weight excluding hydrogens is 238 g/mol. The molecule has 0 unspecified atom stereocenters. The largest absolute Gasteiger partial charge is 0.355 e. The highest BCUT2D eigenvalue weighted by Crippen LogP contribution is 2.10. The average Bonchev–Trinajstić information content (AvgIpc) is 2.48. The fourth-order valence-electron chi connectivity index (χ4n) is 2.09. The molecule has 0 amide bonds. The number of nitrogens with zero attached hydrogens (tertiary/aromatic N) is 4. The zero-order valence-electron chi connectivity index (χ0n) is 12.5. The molecule has 0 spiro atoms. The number of hydrogen-bond acceptors (Lipinski definition) is 5. The van der Waals surface area contributed by atoms with Crippen molar-refractivity contribution >= 4 is 5.82 Å². The maximum Gasteiger partial charge on any atom is 0.151 e. The zero-order chi connectivity index (χ0) is 14.1. The first-order chi connectivity index (χ1) is 9.24. The van der Waals surface area contributed by atoms with Crippen LogP contribution >= 0.6 is 0 Å². The smallest absolute Gasteiger partial charge is 0.151 e. The Morgan fingerprint density at radius 3 is 2.21 bits per heavy atom. The van der Waals surface area contributed by atoms with Gasteiger partial charge in [-0.15, -0.1) is 5.10 Å². The Bertz CT molecular complexity index is 334. The minimum Gasteiger partial charge on any atom is -0.355 e. The molecule has 0 radical (unpaired) electrons. The molecule has 0 atom stereocenters. The third kappa shape index (κ3) is 5.12. The number of aromatic nitrogens is 2. The molecule has 0 bridgehead atoms. The van der Waals surface area contributed by atoms with Crippen LogP contribution in [0, 0.1) is 0 Å². The number of anilines is 1. The molecule has 2 N–H and O–H groups in total. The van der Waals surface area contributed by atoms with Gasteiger partial charge in [-0.05, 0) is 45.1 Å². The van der Waals surface area contributed by atoms with Crippen molar-refractivity contribution in [3.8, 4) is 0 Å². The SMILES string of the molecule is CCN(CC)CCCN(CC)c1ccc(CN)nn1. The van der Waals surface area contributed by atoms with Gasteiger partial charge in [0, 0.05) is 19.6 Å². The lowest BCUT2D eigenvalue weighted by Gasteiger charge is -2.24. The van der Waals surface area contributed by atoms with E-state index in [0.717, 1.165) is 50.7 Å². The zero-order valence-corrected chi connectivity index (χ0v) is 12.5. The molecule has 0 aliphatic rings. The molecule has 5 heteroatoms. The van der Waals surface area contributed by atoms with Gasteiger partial charge in [0.2, 0.25) is 0 Å². The van der Waals surface area contributed by atoms with Crippen molar-refractivity contribution in [3.63, 3.8) is 0 Å². The molecule has 5 nitrogen and oxygen atoms in total. The highest BCUT2D eigenvalue weighted by molar-refractivity contribution is 5.36. The van der Waals surface area contributed by atoms with E-state index in [1.165, 1.54) is 0 Å². The lowest BCUT2D eigenvalue weighted by molar-refractivity contribution is 0.300. The van der Waals surface area contributed by atoms with E-state index in [1.807, 2.05) is 12.1 Å². The lowest BCUT2D eigenvalue weighted by Crippen LogP contribution is -2.30. The molecule has 108 valence electrons. The summed E-state index contributed by atoms with van der Waals surface area (Å²) in [5.74, 6) is 0.944. The van der Waals surface area contributed by atoms with Crippen molar-refractivity contribution in [3.05, 3.63) is 17.8 Å². The van der Waals surface area contributed by atoms with Gasteiger partial charge in [0.05, 0.1) is 5.69 Å². The summed E-state index contributed by atoms with van der Waals surface area (Å²) in [4.78, 5) is 4.70. The molecule has 1 aromatic heterocycles. The Balaban J connectivity index is 2.48. The maximum atomic E-state index is 5.53. The molecule has 0 saturated carbocycles. The summed E-state index contributed by atoms with van der Waals surface area (Å²) in [6.07, 6.45) is 1.15. The van der Waals surface area contributed by atoms with Crippen LogP contribution in [0.15, 0.2) is 12.1 Å². The Hall–Kier alpha value is -1.20. The van der Waals surface area contributed by atoms with Gasteiger partial charge < -0.3 is 15.5 Å². The van der Waals surface area contributed by atoms with Gasteiger partial charge in [-0.25, -0.2) is 0 Å². The lowest BCUT2D eigenvalue weighted by atomic mass is 10.3. The van der Waals surface area contributed by atoms with Crippen LogP contribution in [0.2, 0.25) is 0 Å². The van der Waals surface area contributed by atoms with Crippen LogP contribution < -0.4 is 10.6 Å². The monoisotopic (exact) mass is 265 g/mol. The maximum absolute atomic E-state index is 5.53. The summed E-state index contributed by atoms with van der Waals surface area (Å²) in [6.45, 7) is 12.4. The molecule has 0 saturated heterocycles. The van der Waals surface area contributed by atoms with Crippen LogP contribution in [-0.2, 0) is 6.54 Å². The highest BCUT2D eigenvalue weighted by Gasteiger charge is 2.07. The molecule has 0 fully saturated rings. The highest BCUT2D eigenvalue weighted by atomic mass is 15.3. The standard InChI is InChI=1S/C14H27N5/c1-4-18(5-2)10-7-11-19(6-3)14-9-8-13(12-15)16-17-14/h8-9H,4-7,10-12,15H2,1-3H3. The predicted octanol–water partition coefficient (Wildman–Crippen LogP) is 1.49. The first kappa shape index (κ1) is 15.9. The second kappa shape index (κ2) is 8.82. The van der Waals surface area contributed by atoms with Crippen molar-refractivity contribution in [2.75, 3.05) is 37.6 Å². The van der Waals surface area contributed by atoms with E-state index in [1.54, 1.807) is 0 Å². The van der Waals surface area contributed by atoms with E-state index in [2.05, 4.69) is 40.8 Å². The quantitative estimate of drug-likeness (QED) is 0.733. The molecule has 0 aliphatic heterocycles. The number of rotatable bonds is 9. The van der Waals surface area contributed by atoms with Crippen LogP contribution in [0.5, 0.6) is 0 Å². The summed E-state index contributed by atoms with van der Waals surface area (Å²) in [5.41, 5.74) is 6.37. The molecule has 0 aliphatic carbocycles. The van der Waals surface area contributed by atoms with Gasteiger partial charge in [-0.2, -0.15) is 5.10 Å². The van der Waals surface area contributed by atoms with E-state index < -0.39 is 0 Å². The van der Waals surface area contributed by atoms with E-state index in [4.69, 9.17) is 5.73 Å². The van der Waals surface area contributed by atoms with Gasteiger partial charge in [-0.1, -0.05) is 13.8 Å². The van der Waals surface area contributed by atoms with Gasteiger partial charge in [-0.3, -0.25) is 0 Å². The summed E-state index contributed by atoms with van der Waals surface area (Å²) >= 11 is 0. The Morgan fingerprint density at radius 1 is 1.00 bits per heavy atom. The van der Waals surface area contributed by atoms with E-state index in [-0.39, 0.29) is 0 Å². The first-order valence-corrected chi connectivity index (χ1v) is 7.25. The minimum absolute atomic E-state index is 0.446. The van der Waals surface area contributed by atoms with Crippen LogP contribution in [0.1, 0.15) is 32.9 Å². The molecule has 0 aromatic carbocycles. The van der Waals surface area contributed by atoms with Gasteiger partial charge in [0.1, 0.15) is 0 Å². The average molecular weight is 265 g/mol. The Labute approximate surface area is 116 Å². The summed E-state index contributed by atoms with van der Waals surface area (Å²) < 4.78 is 0. The Morgan fingerprint density at radius 2 is 1.74 bits per heavy atom. The molecule has 1 rings (SSSR count). The summed E-state index contributed by atoms with van der Waals surface area (Å²) in [5, 5.41) is 8.36. The predicted molar refractivity (Wildman–Crippen MR) is 80.2 cm³/mol. The third-order valence-electron chi connectivity index (χ3n) is 3.42. The van der Waals surface area contributed by atoms with E-state index in [0.29, 0.717) is 6.54 Å². The third-order valence-corrected chi connectivity index (χ3v) is 3.42. The van der Waals surface area contributed by atoms with Gasteiger partial charge >= 0.3 is 0 Å². The van der Waals surface area contributed by atoms with Gasteiger partial charge in [0.25, 0.3) is 0 Å². The van der Waals surface area contributed by atoms with Crippen LogP contribution in [0.3, 0.4) is 0 Å². The fourth-order valence-corrected chi connectivity index (χ4v) is 2.09. The molecule has 1 aromatic rings. The van der Waals surface area contributed by atoms with Crippen molar-refractivity contribution in [2.24, 2.45) is 5.73 Å². The molecular formula is C14H27N5. The fraction of sp³-hybridized carbons (Fsp3) is 0.714. The topological polar surface area (TPSA) is 58.3 Å². The molecule has 19 heavy (non-hydrogen) atoms. The normalized spacial score (nSPS) is 11.0. The van der Waals surface area contributed by atoms with Crippen molar-refractivity contribution in [1.29, 1.82) is 0 Å².